The summed E-state index contributed by atoms with van der Waals surface area (Å²) in [4.78, 5) is 28.2. The van der Waals surface area contributed by atoms with E-state index in [2.05, 4.69) is 4.99 Å². The summed E-state index contributed by atoms with van der Waals surface area (Å²) in [6.07, 6.45) is 1.30. The van der Waals surface area contributed by atoms with Crippen molar-refractivity contribution in [1.82, 2.24) is 0 Å². The quantitative estimate of drug-likeness (QED) is 0.475. The molecule has 0 aliphatic carbocycles. The molecule has 0 spiro atoms. The number of para-hydroxylation sites is 1. The van der Waals surface area contributed by atoms with Gasteiger partial charge in [0.1, 0.15) is 0 Å². The Morgan fingerprint density at radius 2 is 2.00 bits per heavy atom. The zero-order valence-electron chi connectivity index (χ0n) is 12.6. The van der Waals surface area contributed by atoms with E-state index < -0.39 is 11.9 Å². The molecule has 1 unspecified atom stereocenters. The van der Waals surface area contributed by atoms with Gasteiger partial charge in [-0.15, -0.1) is 0 Å². The van der Waals surface area contributed by atoms with Crippen molar-refractivity contribution in [1.29, 1.82) is 0 Å². The van der Waals surface area contributed by atoms with Gasteiger partial charge in [0.05, 0.1) is 18.9 Å². The van der Waals surface area contributed by atoms with Crippen molar-refractivity contribution in [2.24, 2.45) is 16.8 Å². The van der Waals surface area contributed by atoms with Crippen LogP contribution in [-0.4, -0.2) is 29.7 Å². The topological polar surface area (TPSA) is 76.0 Å². The molecule has 5 nitrogen and oxygen atoms in total. The highest BCUT2D eigenvalue weighted by Gasteiger charge is 2.28. The minimum absolute atomic E-state index is 0.157. The van der Waals surface area contributed by atoms with E-state index >= 15 is 0 Å². The van der Waals surface area contributed by atoms with Gasteiger partial charge in [-0.25, -0.2) is 0 Å². The molecule has 1 aromatic carbocycles. The van der Waals surface area contributed by atoms with E-state index in [9.17, 15) is 14.7 Å². The van der Waals surface area contributed by atoms with Crippen LogP contribution in [0.15, 0.2) is 29.3 Å². The summed E-state index contributed by atoms with van der Waals surface area (Å²) in [7, 11) is 0. The minimum Gasteiger partial charge on any atom is -0.465 e. The largest absolute Gasteiger partial charge is 0.465 e. The van der Waals surface area contributed by atoms with E-state index in [0.717, 1.165) is 0 Å². The predicted molar refractivity (Wildman–Crippen MR) is 80.5 cm³/mol. The van der Waals surface area contributed by atoms with Gasteiger partial charge >= 0.3 is 5.97 Å². The molecule has 0 amide bonds. The second-order valence-corrected chi connectivity index (χ2v) is 4.85. The maximum Gasteiger partial charge on any atom is 0.321 e. The molecule has 0 aliphatic rings. The van der Waals surface area contributed by atoms with Crippen molar-refractivity contribution in [3.8, 4) is 0 Å². The number of ether oxygens (including phenoxy) is 1. The molecule has 0 aromatic heterocycles. The molecule has 1 aromatic rings. The van der Waals surface area contributed by atoms with E-state index in [1.165, 1.54) is 6.21 Å². The average Bonchev–Trinajstić information content (AvgIpc) is 2.47. The van der Waals surface area contributed by atoms with Crippen LogP contribution in [0.25, 0.3) is 0 Å². The lowest BCUT2D eigenvalue weighted by molar-refractivity contribution is -0.149. The van der Waals surface area contributed by atoms with Crippen molar-refractivity contribution in [3.63, 3.8) is 0 Å². The van der Waals surface area contributed by atoms with Gasteiger partial charge < -0.3 is 9.84 Å². The number of carbonyl (C=O) groups is 2. The van der Waals surface area contributed by atoms with Gasteiger partial charge in [0.2, 0.25) is 0 Å². The molecule has 1 atom stereocenters. The van der Waals surface area contributed by atoms with Gasteiger partial charge in [0.15, 0.2) is 11.7 Å². The lowest BCUT2D eigenvalue weighted by Gasteiger charge is -2.12. The molecule has 0 saturated heterocycles. The van der Waals surface area contributed by atoms with E-state index in [1.54, 1.807) is 45.0 Å². The Morgan fingerprint density at radius 1 is 1.33 bits per heavy atom. The van der Waals surface area contributed by atoms with Crippen LogP contribution in [0.5, 0.6) is 0 Å². The fraction of sp³-hybridized carbons (Fsp3) is 0.438. The smallest absolute Gasteiger partial charge is 0.321 e. The first-order valence-electron chi connectivity index (χ1n) is 6.94. The zero-order chi connectivity index (χ0) is 15.8. The number of hydrogen-bond acceptors (Lipinski definition) is 5. The number of aliphatic hydroxyl groups is 1. The summed E-state index contributed by atoms with van der Waals surface area (Å²) < 4.78 is 4.92. The maximum absolute atomic E-state index is 12.1. The number of ketones is 1. The monoisotopic (exact) mass is 291 g/mol. The van der Waals surface area contributed by atoms with Crippen LogP contribution in [0, 0.1) is 11.8 Å². The Kier molecular flexibility index (Phi) is 6.75. The standard InChI is InChI=1S/C16H21NO4/c1-4-21-16(20)13(15(19)11(2)3)9-17-14-8-6-5-7-12(14)10-18/h5-9,11,13,18H,4,10H2,1-3H3. The predicted octanol–water partition coefficient (Wildman–Crippen LogP) is 2.29. The number of hydrogen-bond donors (Lipinski definition) is 1. The van der Waals surface area contributed by atoms with Crippen LogP contribution in [0.4, 0.5) is 5.69 Å². The van der Waals surface area contributed by atoms with E-state index in [0.29, 0.717) is 11.3 Å². The number of nitrogens with zero attached hydrogens (tertiary/aromatic N) is 1. The van der Waals surface area contributed by atoms with Crippen LogP contribution in [-0.2, 0) is 20.9 Å². The van der Waals surface area contributed by atoms with Gasteiger partial charge in [-0.3, -0.25) is 14.6 Å². The van der Waals surface area contributed by atoms with Crippen LogP contribution in [0.2, 0.25) is 0 Å². The lowest BCUT2D eigenvalue weighted by atomic mass is 9.96. The second kappa shape index (κ2) is 8.32. The first-order valence-corrected chi connectivity index (χ1v) is 6.94. The van der Waals surface area contributed by atoms with Crippen molar-refractivity contribution in [2.75, 3.05) is 6.61 Å². The number of rotatable bonds is 7. The third kappa shape index (κ3) is 4.79. The Labute approximate surface area is 124 Å². The third-order valence-electron chi connectivity index (χ3n) is 2.94. The summed E-state index contributed by atoms with van der Waals surface area (Å²) in [5.41, 5.74) is 1.17. The maximum atomic E-state index is 12.1. The molecule has 21 heavy (non-hydrogen) atoms. The Morgan fingerprint density at radius 3 is 2.57 bits per heavy atom. The lowest BCUT2D eigenvalue weighted by Crippen LogP contribution is -2.30. The second-order valence-electron chi connectivity index (χ2n) is 4.85. The highest BCUT2D eigenvalue weighted by Crippen LogP contribution is 2.19. The van der Waals surface area contributed by atoms with E-state index in [1.807, 2.05) is 0 Å². The summed E-state index contributed by atoms with van der Waals surface area (Å²) in [5, 5.41) is 9.24. The number of aliphatic imine (C=N–C) groups is 1. The molecule has 0 saturated carbocycles. The van der Waals surface area contributed by atoms with Crippen LogP contribution >= 0.6 is 0 Å². The minimum atomic E-state index is -1.02. The molecule has 0 bridgehead atoms. The molecule has 0 fully saturated rings. The number of aliphatic hydroxyl groups excluding tert-OH is 1. The van der Waals surface area contributed by atoms with Crippen molar-refractivity contribution >= 4 is 23.7 Å². The Bertz CT molecular complexity index is 523. The third-order valence-corrected chi connectivity index (χ3v) is 2.94. The summed E-state index contributed by atoms with van der Waals surface area (Å²) >= 11 is 0. The zero-order valence-corrected chi connectivity index (χ0v) is 12.6. The van der Waals surface area contributed by atoms with Crippen LogP contribution in [0.1, 0.15) is 26.3 Å². The number of esters is 1. The van der Waals surface area contributed by atoms with Crippen molar-refractivity contribution < 1.29 is 19.4 Å². The average molecular weight is 291 g/mol. The molecule has 114 valence electrons. The van der Waals surface area contributed by atoms with Crippen molar-refractivity contribution in [2.45, 2.75) is 27.4 Å². The summed E-state index contributed by atoms with van der Waals surface area (Å²) in [5.74, 6) is -2.14. The SMILES string of the molecule is CCOC(=O)C(C=Nc1ccccc1CO)C(=O)C(C)C. The molecular weight excluding hydrogens is 270 g/mol. The van der Waals surface area contributed by atoms with Gasteiger partial charge in [-0.1, -0.05) is 32.0 Å². The first kappa shape index (κ1) is 17.0. The number of benzene rings is 1. The Hall–Kier alpha value is -2.01. The van der Waals surface area contributed by atoms with E-state index in [-0.39, 0.29) is 24.9 Å². The summed E-state index contributed by atoms with van der Waals surface area (Å²) in [6, 6.07) is 7.00. The van der Waals surface area contributed by atoms with Gasteiger partial charge in [0.25, 0.3) is 0 Å². The van der Waals surface area contributed by atoms with E-state index in [4.69, 9.17) is 4.74 Å². The summed E-state index contributed by atoms with van der Waals surface area (Å²) in [6.45, 7) is 5.19. The van der Waals surface area contributed by atoms with Crippen molar-refractivity contribution in [3.05, 3.63) is 29.8 Å². The normalized spacial score (nSPS) is 12.6. The first-order chi connectivity index (χ1) is 10.0. The fourth-order valence-electron chi connectivity index (χ4n) is 1.77. The highest BCUT2D eigenvalue weighted by molar-refractivity contribution is 6.12. The Balaban J connectivity index is 3.02. The molecular formula is C16H21NO4. The van der Waals surface area contributed by atoms with Gasteiger partial charge in [0, 0.05) is 17.7 Å². The molecule has 0 aliphatic heterocycles. The highest BCUT2D eigenvalue weighted by atomic mass is 16.5. The molecule has 5 heteroatoms. The fourth-order valence-corrected chi connectivity index (χ4v) is 1.77. The van der Waals surface area contributed by atoms with Gasteiger partial charge in [-0.2, -0.15) is 0 Å². The van der Waals surface area contributed by atoms with Gasteiger partial charge in [-0.05, 0) is 13.0 Å². The number of carbonyl (C=O) groups excluding carboxylic acids is 2. The molecule has 1 N–H and O–H groups in total. The molecule has 1 rings (SSSR count). The van der Waals surface area contributed by atoms with Crippen LogP contribution in [0.3, 0.4) is 0 Å². The van der Waals surface area contributed by atoms with Crippen LogP contribution < -0.4 is 0 Å². The number of Topliss-reactive ketones (excluding diaryl/α,β-unsaturated/α-hetero) is 1. The molecule has 0 heterocycles. The molecule has 0 radical (unpaired) electrons.